The van der Waals surface area contributed by atoms with Gasteiger partial charge >= 0.3 is 0 Å². The third kappa shape index (κ3) is 1.64. The summed E-state index contributed by atoms with van der Waals surface area (Å²) >= 11 is 1.61. The number of aromatic nitrogens is 1. The van der Waals surface area contributed by atoms with E-state index in [1.807, 2.05) is 6.07 Å². The van der Waals surface area contributed by atoms with Gasteiger partial charge < -0.3 is 5.32 Å². The quantitative estimate of drug-likeness (QED) is 0.820. The molecule has 1 N–H and O–H groups in total. The smallest absolute Gasteiger partial charge is 0.133 e. The van der Waals surface area contributed by atoms with Gasteiger partial charge in [0.05, 0.1) is 5.69 Å². The van der Waals surface area contributed by atoms with E-state index in [9.17, 15) is 4.39 Å². The highest BCUT2D eigenvalue weighted by molar-refractivity contribution is 7.15. The number of thiazole rings is 1. The van der Waals surface area contributed by atoms with E-state index >= 15 is 0 Å². The summed E-state index contributed by atoms with van der Waals surface area (Å²) in [6.07, 6.45) is 1.00. The van der Waals surface area contributed by atoms with Crippen molar-refractivity contribution in [3.05, 3.63) is 40.7 Å². The van der Waals surface area contributed by atoms with Gasteiger partial charge in [-0.05, 0) is 18.6 Å². The Labute approximate surface area is 97.2 Å². The van der Waals surface area contributed by atoms with Crippen LogP contribution in [0.4, 0.5) is 4.39 Å². The standard InChI is InChI=1S/C12H11FN2S/c13-9-4-2-1-3-8(9)12-15-10-7-14-6-5-11(10)16-12/h1-4,14H,5-7H2. The van der Waals surface area contributed by atoms with Crippen LogP contribution in [-0.4, -0.2) is 11.5 Å². The zero-order valence-corrected chi connectivity index (χ0v) is 9.48. The molecule has 0 saturated heterocycles. The first kappa shape index (κ1) is 9.93. The van der Waals surface area contributed by atoms with Gasteiger partial charge in [0.25, 0.3) is 0 Å². The highest BCUT2D eigenvalue weighted by Gasteiger charge is 2.16. The Kier molecular flexibility index (Phi) is 2.46. The molecule has 4 heteroatoms. The first-order chi connectivity index (χ1) is 7.84. The Morgan fingerprint density at radius 2 is 2.19 bits per heavy atom. The number of fused-ring (bicyclic) bond motifs is 1. The molecule has 0 unspecified atom stereocenters. The lowest BCUT2D eigenvalue weighted by Crippen LogP contribution is -2.22. The summed E-state index contributed by atoms with van der Waals surface area (Å²) in [5.74, 6) is -0.193. The normalized spacial score (nSPS) is 14.8. The molecule has 0 aliphatic carbocycles. The Morgan fingerprint density at radius 1 is 1.31 bits per heavy atom. The molecular weight excluding hydrogens is 223 g/mol. The average molecular weight is 234 g/mol. The van der Waals surface area contributed by atoms with Crippen LogP contribution in [0.3, 0.4) is 0 Å². The zero-order chi connectivity index (χ0) is 11.0. The van der Waals surface area contributed by atoms with E-state index in [0.29, 0.717) is 5.56 Å². The van der Waals surface area contributed by atoms with Crippen molar-refractivity contribution < 1.29 is 4.39 Å². The molecule has 0 amide bonds. The van der Waals surface area contributed by atoms with Gasteiger partial charge in [0.15, 0.2) is 0 Å². The molecule has 1 aromatic carbocycles. The van der Waals surface area contributed by atoms with Gasteiger partial charge in [-0.1, -0.05) is 12.1 Å². The van der Waals surface area contributed by atoms with Crippen molar-refractivity contribution in [3.8, 4) is 10.6 Å². The maximum atomic E-state index is 13.6. The summed E-state index contributed by atoms with van der Waals surface area (Å²) in [7, 11) is 0. The van der Waals surface area contributed by atoms with Gasteiger partial charge in [0.2, 0.25) is 0 Å². The van der Waals surface area contributed by atoms with E-state index in [1.54, 1.807) is 23.5 Å². The predicted octanol–water partition coefficient (Wildman–Crippen LogP) is 2.59. The molecule has 0 saturated carbocycles. The molecule has 2 nitrogen and oxygen atoms in total. The van der Waals surface area contributed by atoms with Gasteiger partial charge in [-0.3, -0.25) is 0 Å². The van der Waals surface area contributed by atoms with E-state index in [1.165, 1.54) is 10.9 Å². The first-order valence-corrected chi connectivity index (χ1v) is 6.10. The molecule has 16 heavy (non-hydrogen) atoms. The highest BCUT2D eigenvalue weighted by Crippen LogP contribution is 2.31. The molecule has 0 fully saturated rings. The Hall–Kier alpha value is -1.26. The summed E-state index contributed by atoms with van der Waals surface area (Å²) < 4.78 is 13.6. The summed E-state index contributed by atoms with van der Waals surface area (Å²) in [4.78, 5) is 5.79. The fourth-order valence-corrected chi connectivity index (χ4v) is 2.98. The van der Waals surface area contributed by atoms with Crippen LogP contribution in [0.5, 0.6) is 0 Å². The Balaban J connectivity index is 2.07. The Morgan fingerprint density at radius 3 is 3.00 bits per heavy atom. The number of halogens is 1. The molecule has 2 aromatic rings. The monoisotopic (exact) mass is 234 g/mol. The summed E-state index contributed by atoms with van der Waals surface area (Å²) in [5.41, 5.74) is 1.69. The molecule has 1 aromatic heterocycles. The minimum atomic E-state index is -0.193. The molecule has 3 rings (SSSR count). The van der Waals surface area contributed by atoms with Gasteiger partial charge in [0, 0.05) is 23.5 Å². The van der Waals surface area contributed by atoms with Gasteiger partial charge in [-0.15, -0.1) is 11.3 Å². The van der Waals surface area contributed by atoms with E-state index in [-0.39, 0.29) is 5.82 Å². The zero-order valence-electron chi connectivity index (χ0n) is 8.66. The largest absolute Gasteiger partial charge is 0.311 e. The van der Waals surface area contributed by atoms with Crippen molar-refractivity contribution in [2.24, 2.45) is 0 Å². The maximum absolute atomic E-state index is 13.6. The van der Waals surface area contributed by atoms with Crippen LogP contribution in [0.25, 0.3) is 10.6 Å². The molecular formula is C12H11FN2S. The lowest BCUT2D eigenvalue weighted by atomic mass is 10.2. The van der Waals surface area contributed by atoms with Crippen LogP contribution in [0.1, 0.15) is 10.6 Å². The summed E-state index contributed by atoms with van der Waals surface area (Å²) in [6.45, 7) is 1.80. The Bertz CT molecular complexity index is 498. The number of hydrogen-bond acceptors (Lipinski definition) is 3. The molecule has 0 atom stereocenters. The minimum absolute atomic E-state index is 0.193. The average Bonchev–Trinajstić information content (AvgIpc) is 2.73. The predicted molar refractivity (Wildman–Crippen MR) is 62.9 cm³/mol. The third-order valence-corrected chi connectivity index (χ3v) is 3.89. The molecule has 0 bridgehead atoms. The minimum Gasteiger partial charge on any atom is -0.311 e. The number of nitrogens with one attached hydrogen (secondary N) is 1. The van der Waals surface area contributed by atoms with Gasteiger partial charge in [-0.25, -0.2) is 9.37 Å². The van der Waals surface area contributed by atoms with Crippen molar-refractivity contribution in [3.63, 3.8) is 0 Å². The van der Waals surface area contributed by atoms with Gasteiger partial charge in [-0.2, -0.15) is 0 Å². The van der Waals surface area contributed by atoms with Crippen molar-refractivity contribution in [1.82, 2.24) is 10.3 Å². The number of rotatable bonds is 1. The summed E-state index contributed by atoms with van der Waals surface area (Å²) in [5, 5.41) is 4.07. The molecule has 82 valence electrons. The van der Waals surface area contributed by atoms with E-state index in [2.05, 4.69) is 10.3 Å². The molecule has 0 radical (unpaired) electrons. The van der Waals surface area contributed by atoms with Crippen molar-refractivity contribution in [2.75, 3.05) is 6.54 Å². The van der Waals surface area contributed by atoms with E-state index in [4.69, 9.17) is 0 Å². The van der Waals surface area contributed by atoms with E-state index < -0.39 is 0 Å². The van der Waals surface area contributed by atoms with Crippen LogP contribution < -0.4 is 5.32 Å². The van der Waals surface area contributed by atoms with Crippen molar-refractivity contribution in [2.45, 2.75) is 13.0 Å². The highest BCUT2D eigenvalue weighted by atomic mass is 32.1. The number of benzene rings is 1. The van der Waals surface area contributed by atoms with Gasteiger partial charge in [0.1, 0.15) is 10.8 Å². The molecule has 2 heterocycles. The topological polar surface area (TPSA) is 24.9 Å². The number of nitrogens with zero attached hydrogens (tertiary/aromatic N) is 1. The second-order valence-electron chi connectivity index (χ2n) is 3.80. The van der Waals surface area contributed by atoms with Crippen molar-refractivity contribution in [1.29, 1.82) is 0 Å². The van der Waals surface area contributed by atoms with Crippen molar-refractivity contribution >= 4 is 11.3 Å². The number of hydrogen-bond donors (Lipinski definition) is 1. The maximum Gasteiger partial charge on any atom is 0.133 e. The lowest BCUT2D eigenvalue weighted by molar-refractivity contribution is 0.629. The fourth-order valence-electron chi connectivity index (χ4n) is 1.88. The van der Waals surface area contributed by atoms with Crippen LogP contribution in [0.15, 0.2) is 24.3 Å². The second-order valence-corrected chi connectivity index (χ2v) is 4.88. The molecule has 1 aliphatic heterocycles. The van der Waals surface area contributed by atoms with Crippen LogP contribution in [-0.2, 0) is 13.0 Å². The first-order valence-electron chi connectivity index (χ1n) is 5.29. The molecule has 1 aliphatic rings. The molecule has 0 spiro atoms. The summed E-state index contributed by atoms with van der Waals surface area (Å²) in [6, 6.07) is 6.81. The van der Waals surface area contributed by atoms with E-state index in [0.717, 1.165) is 30.2 Å². The fraction of sp³-hybridized carbons (Fsp3) is 0.250. The van der Waals surface area contributed by atoms with Crippen LogP contribution >= 0.6 is 11.3 Å². The lowest BCUT2D eigenvalue weighted by Gasteiger charge is -2.09. The third-order valence-electron chi connectivity index (χ3n) is 2.70. The van der Waals surface area contributed by atoms with Crippen LogP contribution in [0.2, 0.25) is 0 Å². The second kappa shape index (κ2) is 3.96. The van der Waals surface area contributed by atoms with Crippen LogP contribution in [0, 0.1) is 5.82 Å². The SMILES string of the molecule is Fc1ccccc1-c1nc2c(s1)CCNC2.